The minimum atomic E-state index is -5.08. The van der Waals surface area contributed by atoms with Crippen LogP contribution in [0.2, 0.25) is 0 Å². The fraction of sp³-hybridized carbons (Fsp3) is 0.476. The number of benzene rings is 1. The Labute approximate surface area is 213 Å². The number of fused-ring (bicyclic) bond motifs is 1. The zero-order valence-corrected chi connectivity index (χ0v) is 20.6. The zero-order chi connectivity index (χ0) is 27.8. The Bertz CT molecular complexity index is 1210. The summed E-state index contributed by atoms with van der Waals surface area (Å²) in [6.07, 6.45) is -9.70. The van der Waals surface area contributed by atoms with Crippen molar-refractivity contribution in [1.82, 2.24) is 9.55 Å². The van der Waals surface area contributed by atoms with Gasteiger partial charge in [0.15, 0.2) is 5.54 Å². The van der Waals surface area contributed by atoms with Gasteiger partial charge in [-0.2, -0.15) is 31.3 Å². The van der Waals surface area contributed by atoms with Gasteiger partial charge in [0.05, 0.1) is 24.2 Å². The summed E-state index contributed by atoms with van der Waals surface area (Å²) in [6, 6.07) is 5.30. The molecule has 1 aromatic heterocycles. The standard InChI is InChI=1S/C19H19BrF4N4O2.C2HF3O2/c1-18(19(22,23)24)11-27-16(29)9-15(26-4-6-30-7-5-26)25-17(27)28(18)10-12-2-3-14(21)13(20)8-12;3-2(4,5)1(6)7/h2-3,8-9H,4-7,10-11H2,1H3;(H,6,7)/t18-;/m0./s1. The molecule has 0 amide bonds. The largest absolute Gasteiger partial charge is 0.490 e. The van der Waals surface area contributed by atoms with Crippen molar-refractivity contribution in [3.8, 4) is 0 Å². The summed E-state index contributed by atoms with van der Waals surface area (Å²) in [7, 11) is 0. The third kappa shape index (κ3) is 6.17. The number of alkyl halides is 6. The number of carboxylic acids is 1. The maximum absolute atomic E-state index is 14.1. The number of nitrogens with zero attached hydrogens (tertiary/aromatic N) is 4. The van der Waals surface area contributed by atoms with Gasteiger partial charge in [0.1, 0.15) is 11.6 Å². The zero-order valence-electron chi connectivity index (χ0n) is 19.0. The SMILES string of the molecule is C[C@@]1(C(F)(F)F)Cn2c(nc(N3CCOCC3)cc2=O)N1Cc1ccc(F)c(Br)c1.O=C(O)C(F)(F)F. The maximum atomic E-state index is 14.1. The molecule has 37 heavy (non-hydrogen) atoms. The van der Waals surface area contributed by atoms with E-state index in [0.29, 0.717) is 37.7 Å². The van der Waals surface area contributed by atoms with Crippen molar-refractivity contribution in [2.24, 2.45) is 0 Å². The van der Waals surface area contributed by atoms with Crippen LogP contribution in [0.5, 0.6) is 0 Å². The van der Waals surface area contributed by atoms with Crippen LogP contribution in [0.4, 0.5) is 42.5 Å². The van der Waals surface area contributed by atoms with E-state index in [1.165, 1.54) is 24.3 Å². The van der Waals surface area contributed by atoms with E-state index in [-0.39, 0.29) is 17.0 Å². The highest BCUT2D eigenvalue weighted by Gasteiger charge is 2.59. The lowest BCUT2D eigenvalue weighted by Crippen LogP contribution is -2.55. The van der Waals surface area contributed by atoms with Crippen LogP contribution in [0.25, 0.3) is 0 Å². The minimum absolute atomic E-state index is 0.0516. The normalized spacial score (nSPS) is 19.8. The molecule has 0 aliphatic carbocycles. The van der Waals surface area contributed by atoms with Gasteiger partial charge in [-0.25, -0.2) is 9.18 Å². The van der Waals surface area contributed by atoms with E-state index < -0.39 is 41.8 Å². The number of ether oxygens (including phenoxy) is 1. The summed E-state index contributed by atoms with van der Waals surface area (Å²) < 4.78 is 94.2. The smallest absolute Gasteiger partial charge is 0.475 e. The number of anilines is 2. The molecule has 0 radical (unpaired) electrons. The Morgan fingerprint density at radius 1 is 1.16 bits per heavy atom. The molecule has 1 aromatic carbocycles. The molecule has 2 aromatic rings. The van der Waals surface area contributed by atoms with Crippen molar-refractivity contribution in [1.29, 1.82) is 0 Å². The lowest BCUT2D eigenvalue weighted by atomic mass is 10.00. The first-order valence-electron chi connectivity index (χ1n) is 10.6. The van der Waals surface area contributed by atoms with Gasteiger partial charge in [0.2, 0.25) is 5.95 Å². The topological polar surface area (TPSA) is 87.9 Å². The lowest BCUT2D eigenvalue weighted by molar-refractivity contribution is -0.192. The molecule has 0 spiro atoms. The molecule has 16 heteroatoms. The first-order valence-corrected chi connectivity index (χ1v) is 11.4. The van der Waals surface area contributed by atoms with E-state index in [9.17, 15) is 35.5 Å². The van der Waals surface area contributed by atoms with Crippen LogP contribution in [0.15, 0.2) is 33.5 Å². The number of aliphatic carboxylic acids is 1. The number of halogens is 8. The molecule has 2 aliphatic rings. The Morgan fingerprint density at radius 2 is 1.76 bits per heavy atom. The fourth-order valence-electron chi connectivity index (χ4n) is 3.71. The second-order valence-electron chi connectivity index (χ2n) is 8.35. The number of hydrogen-bond acceptors (Lipinski definition) is 6. The van der Waals surface area contributed by atoms with Crippen LogP contribution in [-0.2, 0) is 22.6 Å². The summed E-state index contributed by atoms with van der Waals surface area (Å²) in [5.41, 5.74) is -2.42. The van der Waals surface area contributed by atoms with Gasteiger partial charge in [-0.3, -0.25) is 9.36 Å². The molecule has 0 unspecified atom stereocenters. The Balaban J connectivity index is 0.000000479. The molecule has 1 saturated heterocycles. The number of rotatable bonds is 3. The third-order valence-corrected chi connectivity index (χ3v) is 6.40. The number of carboxylic acid groups (broad SMARTS) is 1. The Kier molecular flexibility index (Phi) is 8.12. The van der Waals surface area contributed by atoms with Gasteiger partial charge < -0.3 is 19.6 Å². The number of aromatic nitrogens is 2. The monoisotopic (exact) mass is 604 g/mol. The van der Waals surface area contributed by atoms with Crippen LogP contribution in [-0.4, -0.2) is 64.8 Å². The van der Waals surface area contributed by atoms with Gasteiger partial charge in [-0.15, -0.1) is 0 Å². The van der Waals surface area contributed by atoms with E-state index in [2.05, 4.69) is 20.9 Å². The molecule has 8 nitrogen and oxygen atoms in total. The first-order chi connectivity index (χ1) is 17.0. The predicted octanol–water partition coefficient (Wildman–Crippen LogP) is 3.96. The molecule has 1 fully saturated rings. The average molecular weight is 605 g/mol. The molecular formula is C21H20BrF7N4O4. The van der Waals surface area contributed by atoms with Crippen molar-refractivity contribution in [3.63, 3.8) is 0 Å². The summed E-state index contributed by atoms with van der Waals surface area (Å²) in [4.78, 5) is 28.9. The average Bonchev–Trinajstić information content (AvgIpc) is 3.10. The van der Waals surface area contributed by atoms with E-state index in [1.807, 2.05) is 4.90 Å². The van der Waals surface area contributed by atoms with Crippen LogP contribution < -0.4 is 15.4 Å². The molecule has 0 saturated carbocycles. The molecule has 0 bridgehead atoms. The fourth-order valence-corrected chi connectivity index (χ4v) is 4.14. The number of carbonyl (C=O) groups is 1. The molecule has 1 atom stereocenters. The molecule has 4 rings (SSSR count). The molecule has 1 N–H and O–H groups in total. The van der Waals surface area contributed by atoms with Crippen molar-refractivity contribution in [2.75, 3.05) is 36.1 Å². The maximum Gasteiger partial charge on any atom is 0.490 e. The lowest BCUT2D eigenvalue weighted by Gasteiger charge is -2.37. The highest BCUT2D eigenvalue weighted by Crippen LogP contribution is 2.44. The van der Waals surface area contributed by atoms with E-state index in [0.717, 1.165) is 16.4 Å². The summed E-state index contributed by atoms with van der Waals surface area (Å²) in [5, 5.41) is 7.12. The van der Waals surface area contributed by atoms with Crippen LogP contribution in [0.1, 0.15) is 12.5 Å². The van der Waals surface area contributed by atoms with Gasteiger partial charge in [0.25, 0.3) is 5.56 Å². The number of morpholine rings is 1. The predicted molar refractivity (Wildman–Crippen MR) is 120 cm³/mol. The summed E-state index contributed by atoms with van der Waals surface area (Å²) in [6.45, 7) is 2.20. The quantitative estimate of drug-likeness (QED) is 0.531. The molecule has 204 valence electrons. The van der Waals surface area contributed by atoms with Gasteiger partial charge in [0, 0.05) is 25.7 Å². The second kappa shape index (κ2) is 10.5. The molecule has 3 heterocycles. The van der Waals surface area contributed by atoms with E-state index in [4.69, 9.17) is 14.6 Å². The van der Waals surface area contributed by atoms with Crippen molar-refractivity contribution >= 4 is 33.7 Å². The highest BCUT2D eigenvalue weighted by atomic mass is 79.9. The van der Waals surface area contributed by atoms with Gasteiger partial charge in [-0.05, 0) is 40.5 Å². The Hall–Kier alpha value is -2.88. The van der Waals surface area contributed by atoms with Crippen LogP contribution in [0.3, 0.4) is 0 Å². The van der Waals surface area contributed by atoms with Crippen molar-refractivity contribution < 1.29 is 45.4 Å². The van der Waals surface area contributed by atoms with Crippen molar-refractivity contribution in [3.05, 3.63) is 50.5 Å². The molecular weight excluding hydrogens is 585 g/mol. The van der Waals surface area contributed by atoms with E-state index in [1.54, 1.807) is 0 Å². The van der Waals surface area contributed by atoms with Crippen LogP contribution in [0, 0.1) is 5.82 Å². The second-order valence-corrected chi connectivity index (χ2v) is 9.20. The third-order valence-electron chi connectivity index (χ3n) is 5.79. The highest BCUT2D eigenvalue weighted by molar-refractivity contribution is 9.10. The molecule has 2 aliphatic heterocycles. The van der Waals surface area contributed by atoms with Crippen molar-refractivity contribution in [2.45, 2.75) is 37.9 Å². The first kappa shape index (κ1) is 28.7. The van der Waals surface area contributed by atoms with Gasteiger partial charge in [-0.1, -0.05) is 6.07 Å². The van der Waals surface area contributed by atoms with Gasteiger partial charge >= 0.3 is 18.3 Å². The van der Waals surface area contributed by atoms with E-state index >= 15 is 0 Å². The Morgan fingerprint density at radius 3 is 2.27 bits per heavy atom. The minimum Gasteiger partial charge on any atom is -0.475 e. The summed E-state index contributed by atoms with van der Waals surface area (Å²) >= 11 is 3.07. The van der Waals surface area contributed by atoms with Crippen LogP contribution >= 0.6 is 15.9 Å². The summed E-state index contributed by atoms with van der Waals surface area (Å²) in [5.74, 6) is -2.99. The number of hydrogen-bond donors (Lipinski definition) is 1.